The van der Waals surface area contributed by atoms with Crippen molar-refractivity contribution in [1.29, 1.82) is 0 Å². The number of anilines is 2. The smallest absolute Gasteiger partial charge is 0.275 e. The van der Waals surface area contributed by atoms with Gasteiger partial charge in [0.25, 0.3) is 5.91 Å². The number of aromatic nitrogens is 2. The Morgan fingerprint density at radius 3 is 3.05 bits per heavy atom. The summed E-state index contributed by atoms with van der Waals surface area (Å²) in [5, 5.41) is 6.04. The van der Waals surface area contributed by atoms with E-state index in [0.29, 0.717) is 5.69 Å². The zero-order chi connectivity index (χ0) is 14.8. The number of benzene rings is 1. The highest BCUT2D eigenvalue weighted by atomic mass is 16.5. The fourth-order valence-electron chi connectivity index (χ4n) is 2.44. The van der Waals surface area contributed by atoms with E-state index >= 15 is 0 Å². The fourth-order valence-corrected chi connectivity index (χ4v) is 2.44. The second-order valence-electron chi connectivity index (χ2n) is 5.06. The summed E-state index contributed by atoms with van der Waals surface area (Å²) in [6, 6.07) is 5.54. The number of hydrogen-bond donors (Lipinski definition) is 2. The first-order chi connectivity index (χ1) is 10.2. The van der Waals surface area contributed by atoms with Crippen molar-refractivity contribution in [3.63, 3.8) is 0 Å². The van der Waals surface area contributed by atoms with Crippen LogP contribution in [0.2, 0.25) is 0 Å². The molecule has 1 aromatic heterocycles. The molecule has 1 aliphatic rings. The van der Waals surface area contributed by atoms with Gasteiger partial charge < -0.3 is 19.9 Å². The van der Waals surface area contributed by atoms with E-state index in [2.05, 4.69) is 15.6 Å². The minimum Gasteiger partial charge on any atom is -0.496 e. The highest BCUT2D eigenvalue weighted by Crippen LogP contribution is 2.22. The Balaban J connectivity index is 1.77. The molecular formula is C15H18N4O2. The summed E-state index contributed by atoms with van der Waals surface area (Å²) in [6.45, 7) is 3.73. The minimum atomic E-state index is -0.205. The van der Waals surface area contributed by atoms with Crippen LogP contribution in [0.15, 0.2) is 24.4 Å². The van der Waals surface area contributed by atoms with E-state index in [-0.39, 0.29) is 5.91 Å². The number of aryl methyl sites for hydroxylation is 2. The average molecular weight is 286 g/mol. The maximum absolute atomic E-state index is 12.3. The number of rotatable bonds is 3. The molecule has 1 amide bonds. The molecule has 0 radical (unpaired) electrons. The molecule has 0 aliphatic carbocycles. The van der Waals surface area contributed by atoms with Crippen LogP contribution in [0.4, 0.5) is 11.6 Å². The first kappa shape index (κ1) is 13.5. The lowest BCUT2D eigenvalue weighted by atomic mass is 10.2. The van der Waals surface area contributed by atoms with Crippen molar-refractivity contribution >= 4 is 17.5 Å². The summed E-state index contributed by atoms with van der Waals surface area (Å²) in [4.78, 5) is 16.6. The number of methoxy groups -OCH3 is 1. The molecule has 2 N–H and O–H groups in total. The van der Waals surface area contributed by atoms with E-state index in [1.165, 1.54) is 0 Å². The molecule has 1 aliphatic heterocycles. The van der Waals surface area contributed by atoms with Crippen LogP contribution in [-0.4, -0.2) is 29.1 Å². The Morgan fingerprint density at radius 2 is 2.33 bits per heavy atom. The van der Waals surface area contributed by atoms with Crippen LogP contribution in [-0.2, 0) is 6.54 Å². The van der Waals surface area contributed by atoms with Gasteiger partial charge in [-0.3, -0.25) is 4.79 Å². The molecule has 2 aromatic rings. The van der Waals surface area contributed by atoms with Gasteiger partial charge in [-0.2, -0.15) is 0 Å². The normalized spacial score (nSPS) is 13.2. The predicted molar refractivity (Wildman–Crippen MR) is 81.0 cm³/mol. The van der Waals surface area contributed by atoms with Gasteiger partial charge in [0.05, 0.1) is 7.11 Å². The van der Waals surface area contributed by atoms with Crippen LogP contribution >= 0.6 is 0 Å². The van der Waals surface area contributed by atoms with Gasteiger partial charge in [0, 0.05) is 25.0 Å². The third kappa shape index (κ3) is 2.69. The number of ether oxygens (including phenoxy) is 1. The van der Waals surface area contributed by atoms with Gasteiger partial charge in [-0.1, -0.05) is 0 Å². The number of carbonyl (C=O) groups is 1. The maximum Gasteiger partial charge on any atom is 0.275 e. The highest BCUT2D eigenvalue weighted by molar-refractivity contribution is 6.03. The molecule has 110 valence electrons. The average Bonchev–Trinajstić information content (AvgIpc) is 2.91. The number of fused-ring (bicyclic) bond motifs is 1. The SMILES string of the molecule is COc1ccc(NC(=O)c2cn3c(n2)NCCC3)cc1C. The largest absolute Gasteiger partial charge is 0.496 e. The Hall–Kier alpha value is -2.50. The molecular weight excluding hydrogens is 268 g/mol. The molecule has 0 bridgehead atoms. The quantitative estimate of drug-likeness (QED) is 0.908. The monoisotopic (exact) mass is 286 g/mol. The van der Waals surface area contributed by atoms with Crippen LogP contribution in [0.5, 0.6) is 5.75 Å². The summed E-state index contributed by atoms with van der Waals surface area (Å²) in [5.41, 5.74) is 2.13. The van der Waals surface area contributed by atoms with Crippen LogP contribution in [0.3, 0.4) is 0 Å². The lowest BCUT2D eigenvalue weighted by Gasteiger charge is -2.14. The Morgan fingerprint density at radius 1 is 1.48 bits per heavy atom. The molecule has 6 heteroatoms. The fraction of sp³-hybridized carbons (Fsp3) is 0.333. The van der Waals surface area contributed by atoms with Gasteiger partial charge in [-0.05, 0) is 37.1 Å². The number of hydrogen-bond acceptors (Lipinski definition) is 4. The van der Waals surface area contributed by atoms with Crippen molar-refractivity contribution < 1.29 is 9.53 Å². The topological polar surface area (TPSA) is 68.2 Å². The van der Waals surface area contributed by atoms with Crippen molar-refractivity contribution in [2.24, 2.45) is 0 Å². The number of imidazole rings is 1. The van der Waals surface area contributed by atoms with Gasteiger partial charge in [0.15, 0.2) is 0 Å². The number of nitrogens with zero attached hydrogens (tertiary/aromatic N) is 2. The predicted octanol–water partition coefficient (Wildman–Crippen LogP) is 2.27. The number of amides is 1. The van der Waals surface area contributed by atoms with Gasteiger partial charge in [-0.25, -0.2) is 4.98 Å². The van der Waals surface area contributed by atoms with E-state index in [0.717, 1.165) is 42.5 Å². The van der Waals surface area contributed by atoms with Crippen molar-refractivity contribution in [2.75, 3.05) is 24.3 Å². The Bertz CT molecular complexity index is 655. The molecule has 0 spiro atoms. The summed E-state index contributed by atoms with van der Waals surface area (Å²) < 4.78 is 7.18. The first-order valence-electron chi connectivity index (χ1n) is 6.94. The van der Waals surface area contributed by atoms with Crippen molar-refractivity contribution in [3.05, 3.63) is 35.7 Å². The van der Waals surface area contributed by atoms with Crippen molar-refractivity contribution in [1.82, 2.24) is 9.55 Å². The first-order valence-corrected chi connectivity index (χ1v) is 6.94. The summed E-state index contributed by atoms with van der Waals surface area (Å²) >= 11 is 0. The number of carbonyl (C=O) groups excluding carboxylic acids is 1. The van der Waals surface area contributed by atoms with E-state index in [1.54, 1.807) is 13.3 Å². The van der Waals surface area contributed by atoms with Crippen LogP contribution in [0.1, 0.15) is 22.5 Å². The van der Waals surface area contributed by atoms with E-state index in [1.807, 2.05) is 29.7 Å². The Kier molecular flexibility index (Phi) is 3.51. The molecule has 2 heterocycles. The van der Waals surface area contributed by atoms with E-state index in [9.17, 15) is 4.79 Å². The zero-order valence-corrected chi connectivity index (χ0v) is 12.1. The standard InChI is InChI=1S/C15H18N4O2/c1-10-8-11(4-5-13(10)21-2)17-14(20)12-9-19-7-3-6-16-15(19)18-12/h4-5,8-9H,3,6-7H2,1-2H3,(H,16,18)(H,17,20). The molecule has 21 heavy (non-hydrogen) atoms. The van der Waals surface area contributed by atoms with E-state index < -0.39 is 0 Å². The summed E-state index contributed by atoms with van der Waals surface area (Å²) in [5.74, 6) is 1.36. The molecule has 0 unspecified atom stereocenters. The van der Waals surface area contributed by atoms with Gasteiger partial charge in [0.2, 0.25) is 5.95 Å². The van der Waals surface area contributed by atoms with E-state index in [4.69, 9.17) is 4.74 Å². The second-order valence-corrected chi connectivity index (χ2v) is 5.06. The Labute approximate surface area is 123 Å². The second kappa shape index (κ2) is 5.47. The van der Waals surface area contributed by atoms with Gasteiger partial charge in [-0.15, -0.1) is 0 Å². The zero-order valence-electron chi connectivity index (χ0n) is 12.1. The van der Waals surface area contributed by atoms with Crippen molar-refractivity contribution in [3.8, 4) is 5.75 Å². The molecule has 0 atom stereocenters. The third-order valence-corrected chi connectivity index (χ3v) is 3.52. The maximum atomic E-state index is 12.3. The van der Waals surface area contributed by atoms with Crippen LogP contribution in [0, 0.1) is 6.92 Å². The van der Waals surface area contributed by atoms with Crippen LogP contribution < -0.4 is 15.4 Å². The number of nitrogens with one attached hydrogen (secondary N) is 2. The minimum absolute atomic E-state index is 0.205. The molecule has 0 saturated heterocycles. The highest BCUT2D eigenvalue weighted by Gasteiger charge is 2.16. The lowest BCUT2D eigenvalue weighted by Crippen LogP contribution is -2.16. The molecule has 0 saturated carbocycles. The molecule has 0 fully saturated rings. The van der Waals surface area contributed by atoms with Gasteiger partial charge >= 0.3 is 0 Å². The lowest BCUT2D eigenvalue weighted by molar-refractivity contribution is 0.102. The molecule has 1 aromatic carbocycles. The third-order valence-electron chi connectivity index (χ3n) is 3.52. The van der Waals surface area contributed by atoms with Crippen molar-refractivity contribution in [2.45, 2.75) is 19.9 Å². The molecule has 6 nitrogen and oxygen atoms in total. The molecule has 3 rings (SSSR count). The summed E-state index contributed by atoms with van der Waals surface area (Å²) in [6.07, 6.45) is 2.83. The van der Waals surface area contributed by atoms with Crippen LogP contribution in [0.25, 0.3) is 0 Å². The summed E-state index contributed by atoms with van der Waals surface area (Å²) in [7, 11) is 1.63. The van der Waals surface area contributed by atoms with Gasteiger partial charge in [0.1, 0.15) is 11.4 Å².